The summed E-state index contributed by atoms with van der Waals surface area (Å²) < 4.78 is 5.47. The van der Waals surface area contributed by atoms with Gasteiger partial charge in [0.05, 0.1) is 19.3 Å². The number of aliphatic hydroxyl groups is 1. The van der Waals surface area contributed by atoms with E-state index >= 15 is 0 Å². The number of carbonyl (C=O) groups excluding carboxylic acids is 3. The third kappa shape index (κ3) is 4.09. The van der Waals surface area contributed by atoms with E-state index in [4.69, 9.17) is 9.84 Å². The topological polar surface area (TPSA) is 108 Å². The first-order valence-electron chi connectivity index (χ1n) is 8.54. The van der Waals surface area contributed by atoms with Gasteiger partial charge in [0, 0.05) is 30.5 Å². The number of anilines is 1. The zero-order valence-corrected chi connectivity index (χ0v) is 14.2. The summed E-state index contributed by atoms with van der Waals surface area (Å²) in [7, 11) is 0. The van der Waals surface area contributed by atoms with E-state index in [0.29, 0.717) is 17.8 Å². The van der Waals surface area contributed by atoms with E-state index in [-0.39, 0.29) is 30.9 Å². The molecule has 1 saturated heterocycles. The molecule has 3 amide bonds. The average Bonchev–Trinajstić information content (AvgIpc) is 3.25. The van der Waals surface area contributed by atoms with Gasteiger partial charge in [0.15, 0.2) is 0 Å². The molecule has 1 unspecified atom stereocenters. The summed E-state index contributed by atoms with van der Waals surface area (Å²) in [5, 5.41) is 14.6. The lowest BCUT2D eigenvalue weighted by molar-refractivity contribution is -0.137. The Morgan fingerprint density at radius 1 is 1.27 bits per heavy atom. The lowest BCUT2D eigenvalue weighted by Gasteiger charge is -2.13. The number of benzene rings is 1. The molecule has 1 fully saturated rings. The molecule has 1 aromatic carbocycles. The minimum Gasteiger partial charge on any atom is -0.395 e. The maximum absolute atomic E-state index is 12.1. The van der Waals surface area contributed by atoms with Crippen molar-refractivity contribution in [3.05, 3.63) is 41.6 Å². The summed E-state index contributed by atoms with van der Waals surface area (Å²) in [6.07, 6.45) is 3.26. The second-order valence-electron chi connectivity index (χ2n) is 6.12. The predicted octanol–water partition coefficient (Wildman–Crippen LogP) is 0.252. The SMILES string of the molecule is O=C(NCC1CCCO1)c1ccc(NC2=CC(=O)N(CCO)C2=O)cc1. The van der Waals surface area contributed by atoms with E-state index in [1.165, 1.54) is 6.08 Å². The fourth-order valence-corrected chi connectivity index (χ4v) is 2.88. The number of carbonyl (C=O) groups is 3. The van der Waals surface area contributed by atoms with Crippen LogP contribution in [0, 0.1) is 0 Å². The van der Waals surface area contributed by atoms with Crippen molar-refractivity contribution in [2.75, 3.05) is 31.6 Å². The summed E-state index contributed by atoms with van der Waals surface area (Å²) in [5.74, 6) is -1.13. The van der Waals surface area contributed by atoms with Gasteiger partial charge in [0.25, 0.3) is 17.7 Å². The second kappa shape index (κ2) is 8.11. The molecule has 8 heteroatoms. The number of amides is 3. The lowest BCUT2D eigenvalue weighted by atomic mass is 10.1. The number of rotatable bonds is 7. The fourth-order valence-electron chi connectivity index (χ4n) is 2.88. The number of ether oxygens (including phenoxy) is 1. The van der Waals surface area contributed by atoms with Crippen molar-refractivity contribution < 1.29 is 24.2 Å². The van der Waals surface area contributed by atoms with Crippen molar-refractivity contribution in [3.8, 4) is 0 Å². The average molecular weight is 359 g/mol. The van der Waals surface area contributed by atoms with Crippen LogP contribution in [0.25, 0.3) is 0 Å². The smallest absolute Gasteiger partial charge is 0.277 e. The van der Waals surface area contributed by atoms with Gasteiger partial charge in [-0.15, -0.1) is 0 Å². The Morgan fingerprint density at radius 3 is 2.69 bits per heavy atom. The first kappa shape index (κ1) is 18.1. The van der Waals surface area contributed by atoms with E-state index in [1.54, 1.807) is 24.3 Å². The maximum Gasteiger partial charge on any atom is 0.277 e. The highest BCUT2D eigenvalue weighted by Crippen LogP contribution is 2.18. The normalized spacial score (nSPS) is 19.7. The van der Waals surface area contributed by atoms with Crippen LogP contribution in [0.5, 0.6) is 0 Å². The minimum absolute atomic E-state index is 0.0385. The van der Waals surface area contributed by atoms with Crippen LogP contribution in [-0.2, 0) is 14.3 Å². The molecule has 3 N–H and O–H groups in total. The molecule has 0 saturated carbocycles. The van der Waals surface area contributed by atoms with Crippen molar-refractivity contribution in [1.29, 1.82) is 0 Å². The number of nitrogens with zero attached hydrogens (tertiary/aromatic N) is 1. The van der Waals surface area contributed by atoms with Crippen molar-refractivity contribution in [2.45, 2.75) is 18.9 Å². The highest BCUT2D eigenvalue weighted by atomic mass is 16.5. The van der Waals surface area contributed by atoms with Crippen LogP contribution in [0.1, 0.15) is 23.2 Å². The van der Waals surface area contributed by atoms with Crippen LogP contribution in [0.4, 0.5) is 5.69 Å². The van der Waals surface area contributed by atoms with Crippen molar-refractivity contribution in [3.63, 3.8) is 0 Å². The van der Waals surface area contributed by atoms with Gasteiger partial charge >= 0.3 is 0 Å². The van der Waals surface area contributed by atoms with Gasteiger partial charge in [-0.25, -0.2) is 0 Å². The van der Waals surface area contributed by atoms with Crippen LogP contribution in [-0.4, -0.2) is 60.1 Å². The number of imide groups is 1. The Balaban J connectivity index is 1.56. The van der Waals surface area contributed by atoms with Gasteiger partial charge < -0.3 is 20.5 Å². The van der Waals surface area contributed by atoms with Crippen LogP contribution in [0.15, 0.2) is 36.0 Å². The van der Waals surface area contributed by atoms with Crippen LogP contribution < -0.4 is 10.6 Å². The molecule has 0 spiro atoms. The van der Waals surface area contributed by atoms with E-state index in [1.807, 2.05) is 0 Å². The first-order valence-corrected chi connectivity index (χ1v) is 8.54. The molecule has 0 aliphatic carbocycles. The minimum atomic E-state index is -0.484. The molecule has 1 aromatic rings. The molecular formula is C18H21N3O5. The monoisotopic (exact) mass is 359 g/mol. The zero-order chi connectivity index (χ0) is 18.5. The Bertz CT molecular complexity index is 723. The predicted molar refractivity (Wildman–Crippen MR) is 93.3 cm³/mol. The van der Waals surface area contributed by atoms with Crippen LogP contribution in [0.2, 0.25) is 0 Å². The van der Waals surface area contributed by atoms with Crippen molar-refractivity contribution in [2.24, 2.45) is 0 Å². The fraction of sp³-hybridized carbons (Fsp3) is 0.389. The third-order valence-corrected chi connectivity index (χ3v) is 4.27. The molecule has 0 aromatic heterocycles. The third-order valence-electron chi connectivity index (χ3n) is 4.27. The van der Waals surface area contributed by atoms with Crippen molar-refractivity contribution in [1.82, 2.24) is 10.2 Å². The van der Waals surface area contributed by atoms with Gasteiger partial charge in [-0.05, 0) is 37.1 Å². The van der Waals surface area contributed by atoms with E-state index in [2.05, 4.69) is 10.6 Å². The molecule has 26 heavy (non-hydrogen) atoms. The molecule has 0 radical (unpaired) electrons. The summed E-state index contributed by atoms with van der Waals surface area (Å²) in [6.45, 7) is 0.911. The summed E-state index contributed by atoms with van der Waals surface area (Å²) in [6, 6.07) is 6.60. The molecule has 138 valence electrons. The number of aliphatic hydroxyl groups excluding tert-OH is 1. The van der Waals surface area contributed by atoms with E-state index in [0.717, 1.165) is 24.3 Å². The Hall–Kier alpha value is -2.71. The van der Waals surface area contributed by atoms with E-state index < -0.39 is 11.8 Å². The molecule has 8 nitrogen and oxygen atoms in total. The number of hydrogen-bond acceptors (Lipinski definition) is 6. The highest BCUT2D eigenvalue weighted by molar-refractivity contribution is 6.17. The molecular weight excluding hydrogens is 338 g/mol. The zero-order valence-electron chi connectivity index (χ0n) is 14.2. The number of nitrogens with one attached hydrogen (secondary N) is 2. The molecule has 0 bridgehead atoms. The second-order valence-corrected chi connectivity index (χ2v) is 6.12. The van der Waals surface area contributed by atoms with E-state index in [9.17, 15) is 14.4 Å². The highest BCUT2D eigenvalue weighted by Gasteiger charge is 2.30. The molecule has 3 rings (SSSR count). The number of hydrogen-bond donors (Lipinski definition) is 3. The number of β-amino-alcohol motifs (C(OH)–C–C–N with tert-alkyl or cyclic N) is 1. The first-order chi connectivity index (χ1) is 12.6. The molecule has 2 aliphatic heterocycles. The largest absolute Gasteiger partial charge is 0.395 e. The standard InChI is InChI=1S/C18H21N3O5/c22-8-7-21-16(23)10-15(18(21)25)20-13-5-3-12(4-6-13)17(24)19-11-14-2-1-9-26-14/h3-6,10,14,20,22H,1-2,7-9,11H2,(H,19,24). The van der Waals surface area contributed by atoms with Crippen LogP contribution in [0.3, 0.4) is 0 Å². The summed E-state index contributed by atoms with van der Waals surface area (Å²) in [5.41, 5.74) is 1.22. The van der Waals surface area contributed by atoms with Gasteiger partial charge in [-0.2, -0.15) is 0 Å². The van der Waals surface area contributed by atoms with Gasteiger partial charge in [0.1, 0.15) is 5.70 Å². The Morgan fingerprint density at radius 2 is 2.04 bits per heavy atom. The summed E-state index contributed by atoms with van der Waals surface area (Å²) in [4.78, 5) is 36.9. The quantitative estimate of drug-likeness (QED) is 0.603. The van der Waals surface area contributed by atoms with Gasteiger partial charge in [-0.1, -0.05) is 0 Å². The molecule has 2 heterocycles. The maximum atomic E-state index is 12.1. The molecule has 2 aliphatic rings. The van der Waals surface area contributed by atoms with Crippen LogP contribution >= 0.6 is 0 Å². The molecule has 1 atom stereocenters. The summed E-state index contributed by atoms with van der Waals surface area (Å²) >= 11 is 0. The van der Waals surface area contributed by atoms with Crippen molar-refractivity contribution >= 4 is 23.4 Å². The van der Waals surface area contributed by atoms with Gasteiger partial charge in [0.2, 0.25) is 0 Å². The van der Waals surface area contributed by atoms with Gasteiger partial charge in [-0.3, -0.25) is 19.3 Å². The Kier molecular flexibility index (Phi) is 5.65. The Labute approximate surface area is 150 Å². The lowest BCUT2D eigenvalue weighted by Crippen LogP contribution is -2.34.